The molecule has 0 bridgehead atoms. The largest absolute Gasteiger partial charge is 0.462 e. The van der Waals surface area contributed by atoms with Crippen LogP contribution in [-0.4, -0.2) is 12.6 Å². The third-order valence-electron chi connectivity index (χ3n) is 3.53. The summed E-state index contributed by atoms with van der Waals surface area (Å²) in [5, 5.41) is 5.10. The molecule has 1 rings (SSSR count). The van der Waals surface area contributed by atoms with Gasteiger partial charge in [-0.15, -0.1) is 0 Å². The molecule has 0 aliphatic rings. The number of esters is 1. The van der Waals surface area contributed by atoms with Gasteiger partial charge in [0, 0.05) is 16.6 Å². The lowest BCUT2D eigenvalue weighted by molar-refractivity contribution is -0.137. The van der Waals surface area contributed by atoms with Crippen molar-refractivity contribution in [3.8, 4) is 0 Å². The maximum atomic E-state index is 12.1. The van der Waals surface area contributed by atoms with Gasteiger partial charge in [0.15, 0.2) is 0 Å². The summed E-state index contributed by atoms with van der Waals surface area (Å²) >= 11 is 6.51. The van der Waals surface area contributed by atoms with E-state index in [4.69, 9.17) is 16.3 Å². The zero-order valence-electron chi connectivity index (χ0n) is 14.3. The topological polar surface area (TPSA) is 38.3 Å². The second kappa shape index (κ2) is 8.59. The summed E-state index contributed by atoms with van der Waals surface area (Å²) in [4.78, 5) is 12.1. The Balaban J connectivity index is 3.56. The van der Waals surface area contributed by atoms with Crippen LogP contribution in [0.15, 0.2) is 36.1 Å². The highest BCUT2D eigenvalue weighted by molar-refractivity contribution is 6.51. The van der Waals surface area contributed by atoms with Crippen LogP contribution in [0.3, 0.4) is 0 Å². The molecule has 0 atom stereocenters. The zero-order valence-corrected chi connectivity index (χ0v) is 15.0. The summed E-state index contributed by atoms with van der Waals surface area (Å²) in [5.74, 6) is -0.435. The van der Waals surface area contributed by atoms with Gasteiger partial charge in [0.25, 0.3) is 0 Å². The Kier molecular flexibility index (Phi) is 7.11. The van der Waals surface area contributed by atoms with E-state index in [-0.39, 0.29) is 0 Å². The van der Waals surface area contributed by atoms with Gasteiger partial charge in [0.2, 0.25) is 0 Å². The van der Waals surface area contributed by atoms with E-state index in [1.807, 2.05) is 26.0 Å². The Morgan fingerprint density at radius 2 is 2.04 bits per heavy atom. The first-order chi connectivity index (χ1) is 10.9. The van der Waals surface area contributed by atoms with Crippen LogP contribution in [0.2, 0.25) is 0 Å². The van der Waals surface area contributed by atoms with Crippen molar-refractivity contribution in [2.75, 3.05) is 11.9 Å². The fourth-order valence-electron chi connectivity index (χ4n) is 2.17. The van der Waals surface area contributed by atoms with Gasteiger partial charge in [0.1, 0.15) is 0 Å². The van der Waals surface area contributed by atoms with Crippen molar-refractivity contribution in [1.82, 2.24) is 0 Å². The molecule has 1 aromatic rings. The van der Waals surface area contributed by atoms with Gasteiger partial charge in [-0.25, -0.2) is 4.79 Å². The molecule has 0 aliphatic heterocycles. The lowest BCUT2D eigenvalue weighted by Crippen LogP contribution is -2.30. The van der Waals surface area contributed by atoms with Crippen molar-refractivity contribution in [3.63, 3.8) is 0 Å². The third kappa shape index (κ3) is 4.49. The van der Waals surface area contributed by atoms with Gasteiger partial charge in [-0.1, -0.05) is 43.8 Å². The maximum Gasteiger partial charge on any atom is 0.339 e. The van der Waals surface area contributed by atoms with Crippen LogP contribution in [0.5, 0.6) is 0 Å². The average Bonchev–Trinajstić information content (AvgIpc) is 2.51. The smallest absolute Gasteiger partial charge is 0.339 e. The number of carbonyl (C=O) groups excluding carboxylic acids is 1. The number of nitrogens with one attached hydrogen (secondary N) is 1. The molecule has 0 saturated heterocycles. The predicted molar refractivity (Wildman–Crippen MR) is 98.7 cm³/mol. The maximum absolute atomic E-state index is 12.1. The Labute approximate surface area is 143 Å². The molecule has 0 unspecified atom stereocenters. The third-order valence-corrected chi connectivity index (χ3v) is 3.92. The number of halogens is 1. The Morgan fingerprint density at radius 1 is 1.39 bits per heavy atom. The lowest BCUT2D eigenvalue weighted by Gasteiger charge is -2.13. The molecule has 0 aliphatic carbocycles. The first-order valence-electron chi connectivity index (χ1n) is 7.64. The van der Waals surface area contributed by atoms with Crippen LogP contribution in [0.4, 0.5) is 5.69 Å². The Hall–Kier alpha value is -2.00. The minimum absolute atomic E-state index is 0.300. The summed E-state index contributed by atoms with van der Waals surface area (Å²) in [6, 6.07) is 3.81. The van der Waals surface area contributed by atoms with E-state index in [9.17, 15) is 4.79 Å². The predicted octanol–water partition coefficient (Wildman–Crippen LogP) is 3.60. The SMILES string of the molecule is C=C(CC)Nc1ccc(=C)/c(=C(Cl)\C(=C/C)C(=O)OCC)c1C. The van der Waals surface area contributed by atoms with Crippen molar-refractivity contribution in [1.29, 1.82) is 0 Å². The minimum atomic E-state index is -0.435. The second-order valence-corrected chi connectivity index (χ2v) is 5.47. The highest BCUT2D eigenvalue weighted by Gasteiger charge is 2.15. The Morgan fingerprint density at radius 3 is 2.57 bits per heavy atom. The van der Waals surface area contributed by atoms with Crippen LogP contribution in [0.1, 0.15) is 32.8 Å². The van der Waals surface area contributed by atoms with Crippen molar-refractivity contribution in [2.24, 2.45) is 0 Å². The summed E-state index contributed by atoms with van der Waals surface area (Å²) in [5.41, 5.74) is 3.06. The first kappa shape index (κ1) is 19.0. The van der Waals surface area contributed by atoms with Crippen LogP contribution in [0.25, 0.3) is 11.6 Å². The number of ether oxygens (including phenoxy) is 1. The molecule has 3 nitrogen and oxygen atoms in total. The van der Waals surface area contributed by atoms with E-state index < -0.39 is 5.97 Å². The molecule has 0 spiro atoms. The number of anilines is 1. The van der Waals surface area contributed by atoms with Gasteiger partial charge in [-0.05, 0) is 44.0 Å². The van der Waals surface area contributed by atoms with Gasteiger partial charge in [-0.2, -0.15) is 0 Å². The zero-order chi connectivity index (χ0) is 17.6. The summed E-state index contributed by atoms with van der Waals surface area (Å²) in [6.45, 7) is 15.8. The molecular formula is C19H24ClNO2. The first-order valence-corrected chi connectivity index (χ1v) is 8.02. The molecule has 1 N–H and O–H groups in total. The van der Waals surface area contributed by atoms with Crippen LogP contribution < -0.4 is 15.8 Å². The Bertz CT molecular complexity index is 747. The van der Waals surface area contributed by atoms with Crippen LogP contribution in [0, 0.1) is 6.92 Å². The summed E-state index contributed by atoms with van der Waals surface area (Å²) in [7, 11) is 0. The van der Waals surface area contributed by atoms with Gasteiger partial charge in [-0.3, -0.25) is 0 Å². The average molecular weight is 334 g/mol. The fraction of sp³-hybridized carbons (Fsp3) is 0.316. The standard InChI is InChI=1S/C19H24ClNO2/c1-7-13(5)21-16-11-10-12(4)17(14(16)6)18(20)15(8-2)19(22)23-9-3/h8,10-11,21H,4-5,7,9H2,1-3,6H3/b15-8+,18-17-. The number of hydrogen-bond donors (Lipinski definition) is 1. The summed E-state index contributed by atoms with van der Waals surface area (Å²) in [6.07, 6.45) is 2.48. The van der Waals surface area contributed by atoms with E-state index in [2.05, 4.69) is 18.5 Å². The molecule has 0 aromatic heterocycles. The molecule has 23 heavy (non-hydrogen) atoms. The van der Waals surface area contributed by atoms with Gasteiger partial charge >= 0.3 is 5.97 Å². The van der Waals surface area contributed by atoms with Gasteiger partial charge in [0.05, 0.1) is 17.2 Å². The molecule has 4 heteroatoms. The van der Waals surface area contributed by atoms with E-state index in [1.165, 1.54) is 0 Å². The fourth-order valence-corrected chi connectivity index (χ4v) is 2.61. The molecule has 0 amide bonds. The monoisotopic (exact) mass is 333 g/mol. The van der Waals surface area contributed by atoms with Crippen LogP contribution >= 0.6 is 11.6 Å². The highest BCUT2D eigenvalue weighted by atomic mass is 35.5. The number of hydrogen-bond acceptors (Lipinski definition) is 3. The molecule has 124 valence electrons. The lowest BCUT2D eigenvalue weighted by atomic mass is 10.1. The molecule has 0 saturated carbocycles. The van der Waals surface area contributed by atoms with E-state index in [0.29, 0.717) is 17.2 Å². The number of rotatable bonds is 6. The molecule has 0 fully saturated rings. The molecule has 1 aromatic carbocycles. The molecule has 0 radical (unpaired) electrons. The number of carbonyl (C=O) groups is 1. The highest BCUT2D eigenvalue weighted by Crippen LogP contribution is 2.19. The van der Waals surface area contributed by atoms with Crippen molar-refractivity contribution >= 4 is 34.9 Å². The van der Waals surface area contributed by atoms with Crippen molar-refractivity contribution in [2.45, 2.75) is 34.1 Å². The van der Waals surface area contributed by atoms with E-state index >= 15 is 0 Å². The minimum Gasteiger partial charge on any atom is -0.462 e. The van der Waals surface area contributed by atoms with E-state index in [1.54, 1.807) is 19.9 Å². The normalized spacial score (nSPS) is 12.7. The second-order valence-electron chi connectivity index (χ2n) is 5.09. The van der Waals surface area contributed by atoms with Crippen molar-refractivity contribution < 1.29 is 9.53 Å². The molecular weight excluding hydrogens is 310 g/mol. The van der Waals surface area contributed by atoms with Gasteiger partial charge < -0.3 is 10.1 Å². The summed E-state index contributed by atoms with van der Waals surface area (Å²) < 4.78 is 5.07. The van der Waals surface area contributed by atoms with Crippen LogP contribution in [-0.2, 0) is 9.53 Å². The van der Waals surface area contributed by atoms with Crippen molar-refractivity contribution in [3.05, 3.63) is 52.1 Å². The number of benzene rings is 1. The molecule has 0 heterocycles. The quantitative estimate of drug-likeness (QED) is 0.638. The number of allylic oxidation sites excluding steroid dienone is 2. The van der Waals surface area contributed by atoms with E-state index in [0.717, 1.165) is 33.8 Å².